The molecule has 19 heavy (non-hydrogen) atoms. The van der Waals surface area contributed by atoms with E-state index in [0.29, 0.717) is 11.3 Å². The van der Waals surface area contributed by atoms with E-state index in [4.69, 9.17) is 4.74 Å². The van der Waals surface area contributed by atoms with E-state index < -0.39 is 0 Å². The zero-order valence-electron chi connectivity index (χ0n) is 10.9. The molecule has 2 aromatic carbocycles. The van der Waals surface area contributed by atoms with Gasteiger partial charge in [-0.05, 0) is 43.3 Å². The van der Waals surface area contributed by atoms with Crippen molar-refractivity contribution in [2.45, 2.75) is 13.0 Å². The first-order valence-corrected chi connectivity index (χ1v) is 6.00. The van der Waals surface area contributed by atoms with Crippen LogP contribution < -0.4 is 10.1 Å². The Labute approximate surface area is 111 Å². The summed E-state index contributed by atoms with van der Waals surface area (Å²) in [6.45, 7) is 1.85. The van der Waals surface area contributed by atoms with Crippen LogP contribution in [-0.2, 0) is 0 Å². The van der Waals surface area contributed by atoms with Gasteiger partial charge in [0.2, 0.25) is 0 Å². The quantitative estimate of drug-likeness (QED) is 0.824. The van der Waals surface area contributed by atoms with E-state index in [9.17, 15) is 9.50 Å². The molecule has 0 spiro atoms. The van der Waals surface area contributed by atoms with Gasteiger partial charge < -0.3 is 15.2 Å². The molecular formula is C15H16FNO2. The molecule has 0 radical (unpaired) electrons. The molecule has 0 aromatic heterocycles. The minimum atomic E-state index is -0.307. The number of anilines is 1. The first-order valence-electron chi connectivity index (χ1n) is 6.00. The highest BCUT2D eigenvalue weighted by molar-refractivity contribution is 5.49. The monoisotopic (exact) mass is 261 g/mol. The van der Waals surface area contributed by atoms with Gasteiger partial charge in [-0.25, -0.2) is 4.39 Å². The van der Waals surface area contributed by atoms with Gasteiger partial charge in [0.25, 0.3) is 0 Å². The molecule has 0 heterocycles. The maximum atomic E-state index is 13.9. The van der Waals surface area contributed by atoms with Crippen molar-refractivity contribution in [2.24, 2.45) is 0 Å². The Bertz CT molecular complexity index is 555. The van der Waals surface area contributed by atoms with Crippen molar-refractivity contribution in [3.63, 3.8) is 0 Å². The van der Waals surface area contributed by atoms with E-state index in [1.54, 1.807) is 36.4 Å². The molecule has 2 N–H and O–H groups in total. The van der Waals surface area contributed by atoms with Gasteiger partial charge in [-0.2, -0.15) is 0 Å². The van der Waals surface area contributed by atoms with Crippen LogP contribution in [0.25, 0.3) is 0 Å². The van der Waals surface area contributed by atoms with Crippen LogP contribution in [0.15, 0.2) is 42.5 Å². The maximum Gasteiger partial charge on any atom is 0.132 e. The number of halogens is 1. The molecule has 0 saturated carbocycles. The van der Waals surface area contributed by atoms with E-state index in [1.807, 2.05) is 6.92 Å². The predicted molar refractivity (Wildman–Crippen MR) is 73.1 cm³/mol. The second kappa shape index (κ2) is 5.61. The molecule has 0 fully saturated rings. The number of ether oxygens (including phenoxy) is 1. The standard InChI is InChI=1S/C15H16FNO2/c1-10(17-11-6-8-12(18)9-7-11)15-13(16)4-3-5-14(15)19-2/h3-10,17-18H,1-2H3. The Morgan fingerprint density at radius 2 is 1.84 bits per heavy atom. The fourth-order valence-electron chi connectivity index (χ4n) is 2.00. The Hall–Kier alpha value is -2.23. The van der Waals surface area contributed by atoms with Crippen LogP contribution in [0, 0.1) is 5.82 Å². The highest BCUT2D eigenvalue weighted by Crippen LogP contribution is 2.30. The fourth-order valence-corrected chi connectivity index (χ4v) is 2.00. The summed E-state index contributed by atoms with van der Waals surface area (Å²) in [5, 5.41) is 12.4. The molecule has 2 aromatic rings. The number of nitrogens with one attached hydrogen (secondary N) is 1. The molecule has 1 unspecified atom stereocenters. The molecule has 0 aliphatic rings. The molecular weight excluding hydrogens is 245 g/mol. The lowest BCUT2D eigenvalue weighted by Crippen LogP contribution is -2.10. The van der Waals surface area contributed by atoms with Crippen molar-refractivity contribution >= 4 is 5.69 Å². The molecule has 0 aliphatic carbocycles. The molecule has 2 rings (SSSR count). The Balaban J connectivity index is 2.24. The van der Waals surface area contributed by atoms with Gasteiger partial charge in [0.05, 0.1) is 18.7 Å². The summed E-state index contributed by atoms with van der Waals surface area (Å²) in [6, 6.07) is 11.1. The van der Waals surface area contributed by atoms with Gasteiger partial charge in [0.1, 0.15) is 17.3 Å². The highest BCUT2D eigenvalue weighted by atomic mass is 19.1. The van der Waals surface area contributed by atoms with E-state index in [-0.39, 0.29) is 17.6 Å². The third kappa shape index (κ3) is 2.96. The Kier molecular flexibility index (Phi) is 3.90. The van der Waals surface area contributed by atoms with Crippen LogP contribution in [0.3, 0.4) is 0 Å². The summed E-state index contributed by atoms with van der Waals surface area (Å²) in [5.74, 6) is 0.401. The number of aromatic hydroxyl groups is 1. The number of benzene rings is 2. The smallest absolute Gasteiger partial charge is 0.132 e. The van der Waals surface area contributed by atoms with Gasteiger partial charge in [-0.15, -0.1) is 0 Å². The number of phenols is 1. The second-order valence-electron chi connectivity index (χ2n) is 4.27. The molecule has 100 valence electrons. The lowest BCUT2D eigenvalue weighted by atomic mass is 10.1. The van der Waals surface area contributed by atoms with E-state index in [0.717, 1.165) is 5.69 Å². The lowest BCUT2D eigenvalue weighted by Gasteiger charge is -2.19. The van der Waals surface area contributed by atoms with Crippen molar-refractivity contribution in [3.8, 4) is 11.5 Å². The number of hydrogen-bond acceptors (Lipinski definition) is 3. The number of phenolic OH excluding ortho intramolecular Hbond substituents is 1. The van der Waals surface area contributed by atoms with E-state index in [1.165, 1.54) is 13.2 Å². The third-order valence-electron chi connectivity index (χ3n) is 2.92. The molecule has 0 aliphatic heterocycles. The van der Waals surface area contributed by atoms with Crippen LogP contribution in [0.4, 0.5) is 10.1 Å². The van der Waals surface area contributed by atoms with Gasteiger partial charge in [-0.1, -0.05) is 6.07 Å². The van der Waals surface area contributed by atoms with Gasteiger partial charge in [-0.3, -0.25) is 0 Å². The molecule has 1 atom stereocenters. The number of hydrogen-bond donors (Lipinski definition) is 2. The first-order chi connectivity index (χ1) is 9.11. The number of rotatable bonds is 4. The van der Waals surface area contributed by atoms with Crippen LogP contribution in [0.1, 0.15) is 18.5 Å². The maximum absolute atomic E-state index is 13.9. The molecule has 0 bridgehead atoms. The van der Waals surface area contributed by atoms with Crippen molar-refractivity contribution in [1.29, 1.82) is 0 Å². The predicted octanol–water partition coefficient (Wildman–Crippen LogP) is 3.71. The minimum absolute atomic E-state index is 0.196. The summed E-state index contributed by atoms with van der Waals surface area (Å²) in [5.41, 5.74) is 1.29. The molecule has 3 nitrogen and oxygen atoms in total. The largest absolute Gasteiger partial charge is 0.508 e. The van der Waals surface area contributed by atoms with Gasteiger partial charge in [0.15, 0.2) is 0 Å². The van der Waals surface area contributed by atoms with Crippen molar-refractivity contribution < 1.29 is 14.2 Å². The van der Waals surface area contributed by atoms with Crippen molar-refractivity contribution in [1.82, 2.24) is 0 Å². The average Bonchev–Trinajstić information content (AvgIpc) is 2.40. The van der Waals surface area contributed by atoms with E-state index >= 15 is 0 Å². The highest BCUT2D eigenvalue weighted by Gasteiger charge is 2.16. The van der Waals surface area contributed by atoms with Gasteiger partial charge in [0, 0.05) is 5.69 Å². The zero-order chi connectivity index (χ0) is 13.8. The summed E-state index contributed by atoms with van der Waals surface area (Å²) >= 11 is 0. The first kappa shape index (κ1) is 13.2. The van der Waals surface area contributed by atoms with Crippen LogP contribution in [0.2, 0.25) is 0 Å². The minimum Gasteiger partial charge on any atom is -0.508 e. The Morgan fingerprint density at radius 3 is 2.47 bits per heavy atom. The zero-order valence-corrected chi connectivity index (χ0v) is 10.9. The molecule has 4 heteroatoms. The summed E-state index contributed by atoms with van der Waals surface area (Å²) in [4.78, 5) is 0. The van der Waals surface area contributed by atoms with Crippen LogP contribution >= 0.6 is 0 Å². The normalized spacial score (nSPS) is 11.9. The summed E-state index contributed by atoms with van der Waals surface area (Å²) < 4.78 is 19.1. The second-order valence-corrected chi connectivity index (χ2v) is 4.27. The van der Waals surface area contributed by atoms with Crippen LogP contribution in [0.5, 0.6) is 11.5 Å². The van der Waals surface area contributed by atoms with Crippen LogP contribution in [-0.4, -0.2) is 12.2 Å². The topological polar surface area (TPSA) is 41.5 Å². The summed E-state index contributed by atoms with van der Waals surface area (Å²) in [6.07, 6.45) is 0. The third-order valence-corrected chi connectivity index (χ3v) is 2.92. The SMILES string of the molecule is COc1cccc(F)c1C(C)Nc1ccc(O)cc1. The molecule has 0 saturated heterocycles. The lowest BCUT2D eigenvalue weighted by molar-refractivity contribution is 0.402. The average molecular weight is 261 g/mol. The van der Waals surface area contributed by atoms with Crippen molar-refractivity contribution in [2.75, 3.05) is 12.4 Å². The van der Waals surface area contributed by atoms with Gasteiger partial charge >= 0.3 is 0 Å². The summed E-state index contributed by atoms with van der Waals surface area (Å²) in [7, 11) is 1.52. The molecule has 0 amide bonds. The van der Waals surface area contributed by atoms with Crippen molar-refractivity contribution in [3.05, 3.63) is 53.8 Å². The Morgan fingerprint density at radius 1 is 1.16 bits per heavy atom. The number of methoxy groups -OCH3 is 1. The van der Waals surface area contributed by atoms with E-state index in [2.05, 4.69) is 5.32 Å². The fraction of sp³-hybridized carbons (Fsp3) is 0.200.